The molecular weight excluding hydrogens is 160 g/mol. The van der Waals surface area contributed by atoms with Crippen LogP contribution in [0.15, 0.2) is 0 Å². The maximum atomic E-state index is 10.8. The van der Waals surface area contributed by atoms with Crippen LogP contribution in [0.1, 0.15) is 26.7 Å². The highest BCUT2D eigenvalue weighted by Crippen LogP contribution is 1.92. The molecule has 0 radical (unpaired) electrons. The second-order valence-corrected chi connectivity index (χ2v) is 2.60. The molecule has 0 aromatic heterocycles. The van der Waals surface area contributed by atoms with Gasteiger partial charge in [0.05, 0.1) is 12.8 Å². The van der Waals surface area contributed by atoms with E-state index >= 15 is 0 Å². The minimum absolute atomic E-state index is 0.364. The Morgan fingerprint density at radius 2 is 1.00 bits per heavy atom. The van der Waals surface area contributed by atoms with E-state index in [-0.39, 0.29) is 11.6 Å². The molecule has 0 fully saturated rings. The van der Waals surface area contributed by atoms with E-state index in [2.05, 4.69) is 0 Å². The van der Waals surface area contributed by atoms with Crippen molar-refractivity contribution in [1.82, 2.24) is 0 Å². The zero-order valence-corrected chi connectivity index (χ0v) is 7.05. The summed E-state index contributed by atoms with van der Waals surface area (Å²) >= 11 is 0. The molecule has 12 heavy (non-hydrogen) atoms. The van der Waals surface area contributed by atoms with Crippen LogP contribution in [-0.4, -0.2) is 23.1 Å². The number of rotatable bonds is 5. The number of carbonyl (C=O) groups is 4. The normalized spacial score (nSPS) is 9.17. The largest absolute Gasteiger partial charge is 0.300 e. The van der Waals surface area contributed by atoms with E-state index in [1.54, 1.807) is 0 Å². The van der Waals surface area contributed by atoms with Gasteiger partial charge < -0.3 is 0 Å². The summed E-state index contributed by atoms with van der Waals surface area (Å²) in [6.45, 7) is 2.44. The number of carbonyl (C=O) groups excluding carboxylic acids is 4. The van der Waals surface area contributed by atoms with Gasteiger partial charge in [0.25, 0.3) is 0 Å². The first-order chi connectivity index (χ1) is 5.43. The first-order valence-corrected chi connectivity index (χ1v) is 3.48. The molecular formula is C8H10O4. The van der Waals surface area contributed by atoms with E-state index in [9.17, 15) is 19.2 Å². The molecule has 0 aliphatic rings. The second-order valence-electron chi connectivity index (χ2n) is 2.60. The van der Waals surface area contributed by atoms with Crippen LogP contribution in [0.3, 0.4) is 0 Å². The predicted molar refractivity (Wildman–Crippen MR) is 40.6 cm³/mol. The van der Waals surface area contributed by atoms with Gasteiger partial charge in [-0.05, 0) is 13.8 Å². The maximum Gasteiger partial charge on any atom is 0.206 e. The molecule has 0 bridgehead atoms. The number of hydrogen-bond donors (Lipinski definition) is 0. The molecule has 0 aliphatic heterocycles. The molecule has 0 heterocycles. The van der Waals surface area contributed by atoms with Gasteiger partial charge in [-0.2, -0.15) is 0 Å². The summed E-state index contributed by atoms with van der Waals surface area (Å²) in [6.07, 6.45) is -0.793. The van der Waals surface area contributed by atoms with Gasteiger partial charge in [0.2, 0.25) is 11.6 Å². The average molecular weight is 170 g/mol. The third kappa shape index (κ3) is 4.49. The number of hydrogen-bond acceptors (Lipinski definition) is 4. The zero-order chi connectivity index (χ0) is 9.72. The highest BCUT2D eigenvalue weighted by atomic mass is 16.2. The fourth-order valence-corrected chi connectivity index (χ4v) is 0.649. The zero-order valence-electron chi connectivity index (χ0n) is 7.05. The molecule has 0 saturated heterocycles. The minimum Gasteiger partial charge on any atom is -0.300 e. The lowest BCUT2D eigenvalue weighted by Gasteiger charge is -1.93. The molecule has 4 nitrogen and oxygen atoms in total. The topological polar surface area (TPSA) is 68.3 Å². The quantitative estimate of drug-likeness (QED) is 0.433. The van der Waals surface area contributed by atoms with Gasteiger partial charge in [0.1, 0.15) is 11.6 Å². The second kappa shape index (κ2) is 4.54. The summed E-state index contributed by atoms with van der Waals surface area (Å²) in [7, 11) is 0. The molecule has 0 saturated carbocycles. The van der Waals surface area contributed by atoms with Crippen LogP contribution in [0.5, 0.6) is 0 Å². The van der Waals surface area contributed by atoms with Crippen molar-refractivity contribution in [2.24, 2.45) is 0 Å². The van der Waals surface area contributed by atoms with Gasteiger partial charge in [0, 0.05) is 0 Å². The van der Waals surface area contributed by atoms with Crippen LogP contribution in [-0.2, 0) is 19.2 Å². The minimum atomic E-state index is -0.780. The Bertz CT molecular complexity index is 213. The van der Waals surface area contributed by atoms with Gasteiger partial charge >= 0.3 is 0 Å². The van der Waals surface area contributed by atoms with Gasteiger partial charge in [-0.3, -0.25) is 19.2 Å². The van der Waals surface area contributed by atoms with Crippen LogP contribution < -0.4 is 0 Å². The van der Waals surface area contributed by atoms with E-state index in [0.29, 0.717) is 0 Å². The van der Waals surface area contributed by atoms with Gasteiger partial charge in [-0.15, -0.1) is 0 Å². The van der Waals surface area contributed by atoms with Gasteiger partial charge in [-0.1, -0.05) is 0 Å². The smallest absolute Gasteiger partial charge is 0.206 e. The lowest BCUT2D eigenvalue weighted by Crippen LogP contribution is -2.18. The van der Waals surface area contributed by atoms with Crippen molar-refractivity contribution in [3.8, 4) is 0 Å². The Morgan fingerprint density at radius 1 is 0.750 bits per heavy atom. The Labute approximate surface area is 69.9 Å². The fraction of sp³-hybridized carbons (Fsp3) is 0.500. The molecule has 4 heteroatoms. The Balaban J connectivity index is 4.03. The molecule has 66 valence electrons. The highest BCUT2D eigenvalue weighted by molar-refractivity contribution is 6.42. The van der Waals surface area contributed by atoms with Crippen LogP contribution in [0, 0.1) is 0 Å². The standard InChI is InChI=1S/C8H10O4/c1-5(9)3-7(11)8(12)4-6(2)10/h3-4H2,1-2H3. The molecule has 0 amide bonds. The van der Waals surface area contributed by atoms with Crippen molar-refractivity contribution in [3.05, 3.63) is 0 Å². The lowest BCUT2D eigenvalue weighted by molar-refractivity contribution is -0.140. The van der Waals surface area contributed by atoms with Gasteiger partial charge in [0.15, 0.2) is 0 Å². The maximum absolute atomic E-state index is 10.8. The molecule has 0 rings (SSSR count). The van der Waals surface area contributed by atoms with Crippen molar-refractivity contribution >= 4 is 23.1 Å². The molecule has 0 N–H and O–H groups in total. The molecule has 0 unspecified atom stereocenters. The van der Waals surface area contributed by atoms with E-state index in [1.807, 2.05) is 0 Å². The third-order valence-electron chi connectivity index (χ3n) is 1.13. The SMILES string of the molecule is CC(=O)CC(=O)C(=O)CC(C)=O. The van der Waals surface area contributed by atoms with E-state index in [4.69, 9.17) is 0 Å². The van der Waals surface area contributed by atoms with Crippen LogP contribution in [0.4, 0.5) is 0 Å². The molecule has 0 aliphatic carbocycles. The summed E-state index contributed by atoms with van der Waals surface area (Å²) < 4.78 is 0. The van der Waals surface area contributed by atoms with E-state index in [1.165, 1.54) is 13.8 Å². The molecule has 0 aromatic carbocycles. The summed E-state index contributed by atoms with van der Waals surface area (Å²) in [5.74, 6) is -2.29. The summed E-state index contributed by atoms with van der Waals surface area (Å²) in [6, 6.07) is 0. The van der Waals surface area contributed by atoms with Crippen molar-refractivity contribution in [3.63, 3.8) is 0 Å². The number of ketones is 4. The third-order valence-corrected chi connectivity index (χ3v) is 1.13. The summed E-state index contributed by atoms with van der Waals surface area (Å²) in [4.78, 5) is 42.3. The summed E-state index contributed by atoms with van der Waals surface area (Å²) in [5.41, 5.74) is 0. The average Bonchev–Trinajstić information content (AvgIpc) is 1.84. The first-order valence-electron chi connectivity index (χ1n) is 3.48. The first kappa shape index (κ1) is 10.7. The van der Waals surface area contributed by atoms with E-state index < -0.39 is 24.4 Å². The Morgan fingerprint density at radius 3 is 1.17 bits per heavy atom. The monoisotopic (exact) mass is 170 g/mol. The van der Waals surface area contributed by atoms with Crippen LogP contribution in [0.2, 0.25) is 0 Å². The Hall–Kier alpha value is -1.32. The van der Waals surface area contributed by atoms with E-state index in [0.717, 1.165) is 0 Å². The van der Waals surface area contributed by atoms with Gasteiger partial charge in [-0.25, -0.2) is 0 Å². The van der Waals surface area contributed by atoms with Crippen molar-refractivity contribution in [1.29, 1.82) is 0 Å². The van der Waals surface area contributed by atoms with Crippen LogP contribution >= 0.6 is 0 Å². The summed E-state index contributed by atoms with van der Waals surface area (Å²) in [5, 5.41) is 0. The van der Waals surface area contributed by atoms with Crippen molar-refractivity contribution < 1.29 is 19.2 Å². The fourth-order valence-electron chi connectivity index (χ4n) is 0.649. The Kier molecular flexibility index (Phi) is 4.04. The molecule has 0 spiro atoms. The van der Waals surface area contributed by atoms with Crippen LogP contribution in [0.25, 0.3) is 0 Å². The lowest BCUT2D eigenvalue weighted by atomic mass is 10.1. The highest BCUT2D eigenvalue weighted by Gasteiger charge is 2.16. The van der Waals surface area contributed by atoms with Crippen molar-refractivity contribution in [2.45, 2.75) is 26.7 Å². The molecule has 0 atom stereocenters. The van der Waals surface area contributed by atoms with Crippen molar-refractivity contribution in [2.75, 3.05) is 0 Å². The molecule has 0 aromatic rings. The number of Topliss-reactive ketones (excluding diaryl/α,β-unsaturated/α-hetero) is 4. The predicted octanol–water partition coefficient (Wildman–Crippen LogP) is 0.0828.